The molecule has 3 aliphatic heterocycles. The quantitative estimate of drug-likeness (QED) is 0.132. The van der Waals surface area contributed by atoms with Gasteiger partial charge in [0.25, 0.3) is 0 Å². The Hall–Kier alpha value is -2.43. The van der Waals surface area contributed by atoms with Gasteiger partial charge >= 0.3 is 19.8 Å². The van der Waals surface area contributed by atoms with Crippen LogP contribution in [0.4, 0.5) is 23.4 Å². The van der Waals surface area contributed by atoms with Gasteiger partial charge in [-0.1, -0.05) is 35.8 Å². The summed E-state index contributed by atoms with van der Waals surface area (Å²) in [5.74, 6) is 0.0164. The summed E-state index contributed by atoms with van der Waals surface area (Å²) in [6.07, 6.45) is -15.6. The molecule has 3 N–H and O–H groups in total. The molecule has 0 amide bonds. The summed E-state index contributed by atoms with van der Waals surface area (Å²) < 4.78 is 119. The predicted octanol–water partition coefficient (Wildman–Crippen LogP) is 3.26. The number of nitrogens with two attached hydrogens (primary N) is 1. The first-order valence-corrected chi connectivity index (χ1v) is 18.8. The SMILES string of the molecule is Nc1ncnc2c1ncn2[C@@H]1O[C@@H]2CO[P@](=O)(S)O[C@@H]3[C@H](O)[C@@H](CO[P@@](=O)(S)O[C@H]2[C@H]1F)O[C@H]3n1nnc2c(C(F)(F)F)cccc21. The second-order valence-electron chi connectivity index (χ2n) is 10.5. The molecule has 3 aliphatic rings. The van der Waals surface area contributed by atoms with Crippen LogP contribution in [0.1, 0.15) is 18.0 Å². The Bertz CT molecular complexity index is 1940. The fraction of sp³-hybridized carbons (Fsp3) is 0.500. The molecular weight excluding hydrogens is 722 g/mol. The van der Waals surface area contributed by atoms with Gasteiger partial charge in [0.2, 0.25) is 0 Å². The van der Waals surface area contributed by atoms with E-state index in [0.717, 1.165) is 23.1 Å². The lowest BCUT2D eigenvalue weighted by Crippen LogP contribution is -2.35. The number of halogens is 4. The van der Waals surface area contributed by atoms with E-state index < -0.39 is 93.2 Å². The molecule has 17 nitrogen and oxygen atoms in total. The third-order valence-electron chi connectivity index (χ3n) is 7.60. The normalized spacial score (nSPS) is 37.0. The van der Waals surface area contributed by atoms with E-state index in [0.29, 0.717) is 0 Å². The van der Waals surface area contributed by atoms with Crippen molar-refractivity contribution in [2.45, 2.75) is 55.3 Å². The van der Waals surface area contributed by atoms with Crippen LogP contribution in [0, 0.1) is 0 Å². The number of hydrogen-bond acceptors (Lipinski definition) is 15. The number of ether oxygens (including phenoxy) is 2. The molecule has 0 saturated carbocycles. The number of anilines is 1. The van der Waals surface area contributed by atoms with Crippen molar-refractivity contribution in [3.63, 3.8) is 0 Å². The van der Waals surface area contributed by atoms with Crippen molar-refractivity contribution in [3.05, 3.63) is 36.4 Å². The van der Waals surface area contributed by atoms with E-state index in [1.165, 1.54) is 17.0 Å². The molecule has 0 aliphatic carbocycles. The van der Waals surface area contributed by atoms with E-state index in [1.54, 1.807) is 0 Å². The van der Waals surface area contributed by atoms with Crippen molar-refractivity contribution in [3.8, 4) is 0 Å². The number of benzene rings is 1. The van der Waals surface area contributed by atoms with E-state index in [-0.39, 0.29) is 22.5 Å². The predicted molar refractivity (Wildman–Crippen MR) is 156 cm³/mol. The first-order valence-electron chi connectivity index (χ1n) is 13.4. The molecule has 47 heavy (non-hydrogen) atoms. The lowest BCUT2D eigenvalue weighted by atomic mass is 10.1. The molecule has 0 radical (unpaired) electrons. The Labute approximate surface area is 270 Å². The van der Waals surface area contributed by atoms with Crippen LogP contribution < -0.4 is 5.73 Å². The van der Waals surface area contributed by atoms with Crippen LogP contribution in [0.15, 0.2) is 30.9 Å². The Morgan fingerprint density at radius 3 is 2.36 bits per heavy atom. The van der Waals surface area contributed by atoms with E-state index in [2.05, 4.69) is 49.8 Å². The number of aliphatic hydroxyl groups excluding tert-OH is 1. The molecule has 0 unspecified atom stereocenters. The van der Waals surface area contributed by atoms with Crippen LogP contribution in [0.5, 0.6) is 0 Å². The van der Waals surface area contributed by atoms with Crippen molar-refractivity contribution in [1.29, 1.82) is 0 Å². The van der Waals surface area contributed by atoms with Gasteiger partial charge in [0.1, 0.15) is 47.9 Å². The fourth-order valence-corrected chi connectivity index (χ4v) is 8.43. The first kappa shape index (κ1) is 33.1. The molecule has 2 bridgehead atoms. The van der Waals surface area contributed by atoms with Crippen molar-refractivity contribution >= 4 is 66.1 Å². The van der Waals surface area contributed by atoms with Gasteiger partial charge in [-0.05, 0) is 12.1 Å². The van der Waals surface area contributed by atoms with Gasteiger partial charge in [-0.2, -0.15) is 13.2 Å². The molecule has 1 aromatic carbocycles. The topological polar surface area (TPSA) is 210 Å². The summed E-state index contributed by atoms with van der Waals surface area (Å²) in [5.41, 5.74) is 4.28. The third kappa shape index (κ3) is 6.05. The maximum absolute atomic E-state index is 16.0. The average Bonchev–Trinajstić information content (AvgIpc) is 3.76. The summed E-state index contributed by atoms with van der Waals surface area (Å²) in [7, 11) is 0. The maximum atomic E-state index is 16.0. The van der Waals surface area contributed by atoms with Crippen LogP contribution >= 0.6 is 38.1 Å². The van der Waals surface area contributed by atoms with Crippen molar-refractivity contribution in [1.82, 2.24) is 34.5 Å². The van der Waals surface area contributed by atoms with E-state index in [1.807, 2.05) is 0 Å². The van der Waals surface area contributed by atoms with Crippen molar-refractivity contribution in [2.24, 2.45) is 0 Å². The van der Waals surface area contributed by atoms with Gasteiger partial charge in [-0.25, -0.2) is 33.2 Å². The van der Waals surface area contributed by atoms with Gasteiger partial charge in [0.05, 0.1) is 30.6 Å². The number of imidazole rings is 1. The Kier molecular flexibility index (Phi) is 8.35. The fourth-order valence-electron chi connectivity index (χ4n) is 5.48. The minimum atomic E-state index is -4.78. The lowest BCUT2D eigenvalue weighted by Gasteiger charge is -2.26. The van der Waals surface area contributed by atoms with Crippen molar-refractivity contribution in [2.75, 3.05) is 18.9 Å². The highest BCUT2D eigenvalue weighted by molar-refractivity contribution is 8.44. The van der Waals surface area contributed by atoms with E-state index in [4.69, 9.17) is 33.3 Å². The summed E-state index contributed by atoms with van der Waals surface area (Å²) in [4.78, 5) is 12.0. The maximum Gasteiger partial charge on any atom is 0.418 e. The highest BCUT2D eigenvalue weighted by Gasteiger charge is 2.54. The summed E-state index contributed by atoms with van der Waals surface area (Å²) >= 11 is 7.94. The second-order valence-corrected chi connectivity index (χ2v) is 16.3. The van der Waals surface area contributed by atoms with Crippen LogP contribution in [-0.2, 0) is 42.9 Å². The van der Waals surface area contributed by atoms with Gasteiger partial charge in [-0.15, -0.1) is 5.10 Å². The number of nitrogens with zero attached hydrogens (tertiary/aromatic N) is 7. The smallest absolute Gasteiger partial charge is 0.387 e. The first-order chi connectivity index (χ1) is 22.1. The molecule has 7 rings (SSSR count). The largest absolute Gasteiger partial charge is 0.418 e. The molecule has 0 spiro atoms. The van der Waals surface area contributed by atoms with E-state index >= 15 is 4.39 Å². The summed E-state index contributed by atoms with van der Waals surface area (Å²) in [6.45, 7) is -10.5. The number of alkyl halides is 4. The molecule has 25 heteroatoms. The monoisotopic (exact) mass is 744 g/mol. The number of rotatable bonds is 2. The molecule has 10 atom stereocenters. The van der Waals surface area contributed by atoms with Gasteiger partial charge in [0, 0.05) is 0 Å². The highest BCUT2D eigenvalue weighted by Crippen LogP contribution is 2.60. The number of thiol groups is 2. The number of nitrogen functional groups attached to an aromatic ring is 1. The number of aliphatic hydroxyl groups is 1. The molecular formula is C22H22F4N8O9P2S2. The highest BCUT2D eigenvalue weighted by atomic mass is 32.7. The van der Waals surface area contributed by atoms with Crippen molar-refractivity contribution < 1.29 is 59.4 Å². The Balaban J connectivity index is 1.20. The van der Waals surface area contributed by atoms with Crippen LogP contribution in [0.25, 0.3) is 22.2 Å². The molecule has 254 valence electrons. The number of aromatic nitrogens is 7. The van der Waals surface area contributed by atoms with Crippen LogP contribution in [0.3, 0.4) is 0 Å². The van der Waals surface area contributed by atoms with Gasteiger partial charge in [0.15, 0.2) is 30.1 Å². The molecule has 3 fully saturated rings. The average molecular weight is 745 g/mol. The Morgan fingerprint density at radius 2 is 1.64 bits per heavy atom. The molecule has 3 aromatic heterocycles. The zero-order chi connectivity index (χ0) is 33.5. The van der Waals surface area contributed by atoms with Crippen LogP contribution in [-0.4, -0.2) is 89.5 Å². The third-order valence-corrected chi connectivity index (χ3v) is 10.8. The standard InChI is InChI=1S/C22H22F4N8O9P2S2/c23-12-16-11(41-20(12)33-7-30-14-18(27)28-6-29-19(14)33)5-39-45(37,47)43-17-15(35)10(4-38-44(36,46)42-16)40-21(17)34-9-3-1-2-8(22(24,25)26)13(9)31-32-34/h1-3,6-7,10-12,15-17,20-21,35H,4-5H2,(H,36,46)(H,37,47)(H2,27,28,29)/t10-,11-,12-,15-,16-,17-,20-,21-,44-,45+/m1/s1. The summed E-state index contributed by atoms with van der Waals surface area (Å²) in [5, 5.41) is 18.5. The zero-order valence-electron chi connectivity index (χ0n) is 23.1. The number of hydrogen-bond donors (Lipinski definition) is 4. The van der Waals surface area contributed by atoms with Gasteiger partial charge in [-0.3, -0.25) is 22.7 Å². The lowest BCUT2D eigenvalue weighted by molar-refractivity contribution is -0.136. The molecule has 4 aromatic rings. The molecule has 3 saturated heterocycles. The minimum Gasteiger partial charge on any atom is -0.387 e. The minimum absolute atomic E-state index is 0.0164. The van der Waals surface area contributed by atoms with E-state index in [9.17, 15) is 27.4 Å². The van der Waals surface area contributed by atoms with Crippen LogP contribution in [0.2, 0.25) is 0 Å². The summed E-state index contributed by atoms with van der Waals surface area (Å²) in [6, 6.07) is 3.17. The van der Waals surface area contributed by atoms with Gasteiger partial charge < -0.3 is 20.3 Å². The Morgan fingerprint density at radius 1 is 0.957 bits per heavy atom. The second kappa shape index (κ2) is 11.9. The zero-order valence-corrected chi connectivity index (χ0v) is 26.7. The number of fused-ring (bicyclic) bond motifs is 5. The molecule has 6 heterocycles.